The van der Waals surface area contributed by atoms with Crippen LogP contribution in [0.1, 0.15) is 51.4 Å². The van der Waals surface area contributed by atoms with Gasteiger partial charge in [-0.2, -0.15) is 0 Å². The van der Waals surface area contributed by atoms with E-state index in [2.05, 4.69) is 0 Å². The minimum absolute atomic E-state index is 0.150. The minimum atomic E-state index is -4.65. The van der Waals surface area contributed by atoms with E-state index in [4.69, 9.17) is 31.0 Å². The van der Waals surface area contributed by atoms with E-state index in [1.54, 1.807) is 0 Å². The topological polar surface area (TPSA) is 167 Å². The van der Waals surface area contributed by atoms with Crippen LogP contribution in [0.25, 0.3) is 0 Å². The first-order valence-electron chi connectivity index (χ1n) is 6.64. The molecule has 0 bridgehead atoms. The summed E-state index contributed by atoms with van der Waals surface area (Å²) in [5, 5.41) is -2.22. The predicted octanol–water partition coefficient (Wildman–Crippen LogP) is 1.03. The second-order valence-corrected chi connectivity index (χ2v) is 8.85. The van der Waals surface area contributed by atoms with Gasteiger partial charge in [0.2, 0.25) is 0 Å². The molecule has 0 aromatic heterocycles. The van der Waals surface area contributed by atoms with Gasteiger partial charge in [-0.1, -0.05) is 38.5 Å². The quantitative estimate of drug-likeness (QED) is 0.320. The second-order valence-electron chi connectivity index (χ2n) is 5.15. The van der Waals surface area contributed by atoms with Crippen molar-refractivity contribution < 1.29 is 28.7 Å². The fourth-order valence-electron chi connectivity index (χ4n) is 1.77. The summed E-state index contributed by atoms with van der Waals surface area (Å²) in [4.78, 5) is 34.2. The summed E-state index contributed by atoms with van der Waals surface area (Å²) in [5.74, 6) is 0. The molecule has 0 atom stereocenters. The van der Waals surface area contributed by atoms with Crippen molar-refractivity contribution in [1.82, 2.24) is 0 Å². The average molecular weight is 332 g/mol. The van der Waals surface area contributed by atoms with Crippen LogP contribution in [0.3, 0.4) is 0 Å². The maximum absolute atomic E-state index is 10.7. The van der Waals surface area contributed by atoms with Crippen molar-refractivity contribution in [2.45, 2.75) is 56.8 Å². The van der Waals surface area contributed by atoms with Gasteiger partial charge >= 0.3 is 15.2 Å². The zero-order valence-electron chi connectivity index (χ0n) is 11.5. The van der Waals surface area contributed by atoms with Crippen molar-refractivity contribution in [3.05, 3.63) is 0 Å². The zero-order valence-corrected chi connectivity index (χ0v) is 13.3. The van der Waals surface area contributed by atoms with Crippen LogP contribution in [-0.2, 0) is 9.13 Å². The molecule has 122 valence electrons. The first-order chi connectivity index (χ1) is 8.96. The van der Waals surface area contributed by atoms with Crippen LogP contribution in [-0.4, -0.2) is 31.1 Å². The molecule has 0 aromatic rings. The van der Waals surface area contributed by atoms with Crippen LogP contribution in [0, 0.1) is 0 Å². The molecule has 1 rings (SSSR count). The molecule has 8 N–H and O–H groups in total. The number of nitrogens with two attached hydrogens (primary N) is 2. The Hall–Kier alpha value is 0.220. The highest BCUT2D eigenvalue weighted by atomic mass is 31.2. The molecule has 0 saturated heterocycles. The Morgan fingerprint density at radius 3 is 1.45 bits per heavy atom. The Labute approximate surface area is 119 Å². The Morgan fingerprint density at radius 1 is 0.850 bits per heavy atom. The van der Waals surface area contributed by atoms with Gasteiger partial charge in [-0.05, 0) is 12.8 Å². The summed E-state index contributed by atoms with van der Waals surface area (Å²) in [5.41, 5.74) is 10.2. The zero-order chi connectivity index (χ0) is 15.9. The third-order valence-electron chi connectivity index (χ3n) is 3.07. The summed E-state index contributed by atoms with van der Waals surface area (Å²) < 4.78 is 21.0. The summed E-state index contributed by atoms with van der Waals surface area (Å²) >= 11 is 0. The molecule has 0 amide bonds. The third kappa shape index (κ3) is 10.0. The van der Waals surface area contributed by atoms with Gasteiger partial charge in [-0.3, -0.25) is 9.13 Å². The molecule has 0 radical (unpaired) electrons. The fourth-order valence-corrected chi connectivity index (χ4v) is 2.79. The van der Waals surface area contributed by atoms with E-state index < -0.39 is 26.8 Å². The van der Waals surface area contributed by atoms with Gasteiger partial charge in [0.25, 0.3) is 0 Å². The smallest absolute Gasteiger partial charge is 0.324 e. The normalized spacial score (nSPS) is 17.3. The molecular weight excluding hydrogens is 306 g/mol. The standard InChI is InChI=1S/C6H12.C4H14N2O6P2/c1-2-4-6-5-3-1;5-4(6,14(10,11)12)2-1-3-13(7,8)9/h1-6H2;1-3,5-6H2,(H2,7,8,9)(H2,10,11,12). The van der Waals surface area contributed by atoms with E-state index in [1.165, 1.54) is 38.5 Å². The van der Waals surface area contributed by atoms with Gasteiger partial charge in [-0.25, -0.2) is 0 Å². The molecule has 0 unspecified atom stereocenters. The molecule has 1 fully saturated rings. The van der Waals surface area contributed by atoms with Crippen LogP contribution < -0.4 is 11.5 Å². The van der Waals surface area contributed by atoms with E-state index in [-0.39, 0.29) is 12.8 Å². The first-order valence-corrected chi connectivity index (χ1v) is 10.0. The first kappa shape index (κ1) is 20.2. The average Bonchev–Trinajstić information content (AvgIpc) is 2.28. The Balaban J connectivity index is 0.000000493. The maximum Gasteiger partial charge on any atom is 0.359 e. The van der Waals surface area contributed by atoms with Gasteiger partial charge in [0.05, 0.1) is 0 Å². The van der Waals surface area contributed by atoms with Gasteiger partial charge in [0.15, 0.2) is 5.40 Å². The van der Waals surface area contributed by atoms with Crippen molar-refractivity contribution in [1.29, 1.82) is 0 Å². The van der Waals surface area contributed by atoms with Gasteiger partial charge in [0.1, 0.15) is 0 Å². The highest BCUT2D eigenvalue weighted by Crippen LogP contribution is 2.47. The lowest BCUT2D eigenvalue weighted by atomic mass is 10.0. The second kappa shape index (κ2) is 8.61. The van der Waals surface area contributed by atoms with Crippen LogP contribution in [0.15, 0.2) is 0 Å². The minimum Gasteiger partial charge on any atom is -0.324 e. The lowest BCUT2D eigenvalue weighted by Gasteiger charge is -2.25. The molecular formula is C10H26N2O6P2. The molecule has 0 aromatic carbocycles. The monoisotopic (exact) mass is 332 g/mol. The summed E-state index contributed by atoms with van der Waals surface area (Å²) in [6, 6.07) is 0. The van der Waals surface area contributed by atoms with Crippen molar-refractivity contribution >= 4 is 15.2 Å². The molecule has 1 aliphatic carbocycles. The Morgan fingerprint density at radius 2 is 1.20 bits per heavy atom. The van der Waals surface area contributed by atoms with E-state index in [1.807, 2.05) is 0 Å². The number of hydrogen-bond donors (Lipinski definition) is 6. The van der Waals surface area contributed by atoms with E-state index in [0.29, 0.717) is 0 Å². The van der Waals surface area contributed by atoms with Gasteiger partial charge < -0.3 is 31.0 Å². The Kier molecular flexibility index (Phi) is 8.71. The summed E-state index contributed by atoms with van der Waals surface area (Å²) in [6.45, 7) is 0. The highest BCUT2D eigenvalue weighted by Gasteiger charge is 2.39. The third-order valence-corrected chi connectivity index (χ3v) is 5.28. The van der Waals surface area contributed by atoms with Gasteiger partial charge in [-0.15, -0.1) is 0 Å². The lowest BCUT2D eigenvalue weighted by Crippen LogP contribution is -2.48. The summed E-state index contributed by atoms with van der Waals surface area (Å²) in [7, 11) is -8.82. The largest absolute Gasteiger partial charge is 0.359 e. The van der Waals surface area contributed by atoms with Crippen LogP contribution in [0.2, 0.25) is 0 Å². The van der Waals surface area contributed by atoms with Crippen molar-refractivity contribution in [3.63, 3.8) is 0 Å². The van der Waals surface area contributed by atoms with E-state index >= 15 is 0 Å². The number of hydrogen-bond acceptors (Lipinski definition) is 4. The van der Waals surface area contributed by atoms with Crippen LogP contribution >= 0.6 is 15.2 Å². The van der Waals surface area contributed by atoms with Crippen molar-refractivity contribution in [2.75, 3.05) is 6.16 Å². The lowest BCUT2D eigenvalue weighted by molar-refractivity contribution is 0.315. The van der Waals surface area contributed by atoms with E-state index in [9.17, 15) is 9.13 Å². The Bertz CT molecular complexity index is 349. The van der Waals surface area contributed by atoms with Crippen LogP contribution in [0.4, 0.5) is 0 Å². The summed E-state index contributed by atoms with van der Waals surface area (Å²) in [6.07, 6.45) is 7.99. The molecule has 8 nitrogen and oxygen atoms in total. The number of rotatable bonds is 5. The maximum atomic E-state index is 10.7. The molecule has 0 heterocycles. The SMILES string of the molecule is C1CCCCC1.NC(N)(CCCP(=O)(O)O)P(=O)(O)O. The molecule has 20 heavy (non-hydrogen) atoms. The van der Waals surface area contributed by atoms with Crippen molar-refractivity contribution in [2.24, 2.45) is 11.5 Å². The predicted molar refractivity (Wildman–Crippen MR) is 77.0 cm³/mol. The molecule has 10 heteroatoms. The highest BCUT2D eigenvalue weighted by molar-refractivity contribution is 7.53. The van der Waals surface area contributed by atoms with Gasteiger partial charge in [0, 0.05) is 6.16 Å². The van der Waals surface area contributed by atoms with Crippen LogP contribution in [0.5, 0.6) is 0 Å². The molecule has 0 aliphatic heterocycles. The molecule has 1 saturated carbocycles. The van der Waals surface area contributed by atoms with E-state index in [0.717, 1.165) is 0 Å². The van der Waals surface area contributed by atoms with Crippen molar-refractivity contribution in [3.8, 4) is 0 Å². The molecule has 1 aliphatic rings. The fraction of sp³-hybridized carbons (Fsp3) is 1.00. The molecule has 0 spiro atoms.